The zero-order valence-corrected chi connectivity index (χ0v) is 13.4. The standard InChI is InChI=1S/C16H18FNO5/c1-5-18-8-9(16(20)23-6-2)14(19)12-10(18)7-11(21-3)15(22-4)13(12)17/h7-8H,5-6H2,1-4H3. The molecule has 0 fully saturated rings. The van der Waals surface area contributed by atoms with Crippen LogP contribution in [0.15, 0.2) is 17.1 Å². The number of methoxy groups -OCH3 is 2. The van der Waals surface area contributed by atoms with Gasteiger partial charge in [-0.3, -0.25) is 4.79 Å². The smallest absolute Gasteiger partial charge is 0.343 e. The Labute approximate surface area is 132 Å². The molecule has 0 spiro atoms. The topological polar surface area (TPSA) is 66.8 Å². The first-order valence-corrected chi connectivity index (χ1v) is 7.14. The van der Waals surface area contributed by atoms with E-state index in [9.17, 15) is 14.0 Å². The Hall–Kier alpha value is -2.57. The molecule has 0 saturated carbocycles. The van der Waals surface area contributed by atoms with Gasteiger partial charge in [0.1, 0.15) is 5.56 Å². The van der Waals surface area contributed by atoms with Crippen LogP contribution >= 0.6 is 0 Å². The van der Waals surface area contributed by atoms with Crippen molar-refractivity contribution in [2.75, 3.05) is 20.8 Å². The number of aryl methyl sites for hydroxylation is 1. The summed E-state index contributed by atoms with van der Waals surface area (Å²) in [5.74, 6) is -1.65. The molecule has 2 rings (SSSR count). The fraction of sp³-hybridized carbons (Fsp3) is 0.375. The maximum absolute atomic E-state index is 14.8. The molecule has 0 radical (unpaired) electrons. The molecule has 0 aliphatic heterocycles. The third kappa shape index (κ3) is 2.74. The second-order valence-electron chi connectivity index (χ2n) is 4.70. The monoisotopic (exact) mass is 323 g/mol. The Bertz CT molecular complexity index is 812. The van der Waals surface area contributed by atoms with Crippen LogP contribution in [0.3, 0.4) is 0 Å². The lowest BCUT2D eigenvalue weighted by Crippen LogP contribution is -2.22. The van der Waals surface area contributed by atoms with Crippen molar-refractivity contribution in [2.24, 2.45) is 0 Å². The molecule has 0 N–H and O–H groups in total. The van der Waals surface area contributed by atoms with Gasteiger partial charge >= 0.3 is 5.97 Å². The van der Waals surface area contributed by atoms with Crippen molar-refractivity contribution >= 4 is 16.9 Å². The number of hydrogen-bond acceptors (Lipinski definition) is 5. The molecule has 1 aromatic heterocycles. The third-order valence-electron chi connectivity index (χ3n) is 3.49. The first kappa shape index (κ1) is 16.8. The summed E-state index contributed by atoms with van der Waals surface area (Å²) < 4.78 is 31.3. The van der Waals surface area contributed by atoms with E-state index in [4.69, 9.17) is 14.2 Å². The number of carbonyl (C=O) groups is 1. The molecule has 1 aromatic carbocycles. The van der Waals surface area contributed by atoms with E-state index < -0.39 is 17.2 Å². The fourth-order valence-corrected chi connectivity index (χ4v) is 2.41. The van der Waals surface area contributed by atoms with E-state index in [2.05, 4.69) is 0 Å². The van der Waals surface area contributed by atoms with Gasteiger partial charge in [-0.15, -0.1) is 0 Å². The predicted molar refractivity (Wildman–Crippen MR) is 82.9 cm³/mol. The van der Waals surface area contributed by atoms with Crippen molar-refractivity contribution in [2.45, 2.75) is 20.4 Å². The van der Waals surface area contributed by atoms with Crippen molar-refractivity contribution in [3.63, 3.8) is 0 Å². The normalized spacial score (nSPS) is 10.7. The number of benzene rings is 1. The van der Waals surface area contributed by atoms with Crippen molar-refractivity contribution in [1.82, 2.24) is 4.57 Å². The first-order chi connectivity index (χ1) is 11.0. The SMILES string of the molecule is CCOC(=O)c1cn(CC)c2cc(OC)c(OC)c(F)c2c1=O. The lowest BCUT2D eigenvalue weighted by Gasteiger charge is -2.15. The van der Waals surface area contributed by atoms with Crippen LogP contribution in [0.25, 0.3) is 10.9 Å². The number of ether oxygens (including phenoxy) is 3. The highest BCUT2D eigenvalue weighted by atomic mass is 19.1. The van der Waals surface area contributed by atoms with Crippen molar-refractivity contribution in [1.29, 1.82) is 0 Å². The summed E-state index contributed by atoms with van der Waals surface area (Å²) in [6.07, 6.45) is 1.37. The number of pyridine rings is 1. The number of hydrogen-bond donors (Lipinski definition) is 0. The van der Waals surface area contributed by atoms with E-state index in [1.807, 2.05) is 6.92 Å². The van der Waals surface area contributed by atoms with Gasteiger partial charge in [-0.1, -0.05) is 0 Å². The predicted octanol–water partition coefficient (Wildman–Crippen LogP) is 2.35. The number of halogens is 1. The number of rotatable bonds is 5. The van der Waals surface area contributed by atoms with Gasteiger partial charge in [0.15, 0.2) is 17.3 Å². The number of nitrogens with zero attached hydrogens (tertiary/aromatic N) is 1. The average Bonchev–Trinajstić information content (AvgIpc) is 2.54. The summed E-state index contributed by atoms with van der Waals surface area (Å²) in [6.45, 7) is 3.99. The van der Waals surface area contributed by atoms with E-state index in [0.29, 0.717) is 12.1 Å². The van der Waals surface area contributed by atoms with Gasteiger partial charge in [0.2, 0.25) is 5.43 Å². The van der Waals surface area contributed by atoms with Gasteiger partial charge in [0.05, 0.1) is 31.7 Å². The van der Waals surface area contributed by atoms with Crippen LogP contribution < -0.4 is 14.9 Å². The van der Waals surface area contributed by atoms with Gasteiger partial charge < -0.3 is 18.8 Å². The lowest BCUT2D eigenvalue weighted by atomic mass is 10.1. The van der Waals surface area contributed by atoms with Gasteiger partial charge in [0.25, 0.3) is 0 Å². The molecular formula is C16H18FNO5. The molecule has 1 heterocycles. The highest BCUT2D eigenvalue weighted by Gasteiger charge is 2.23. The second-order valence-corrected chi connectivity index (χ2v) is 4.70. The molecule has 7 heteroatoms. The highest BCUT2D eigenvalue weighted by Crippen LogP contribution is 2.35. The van der Waals surface area contributed by atoms with Crippen molar-refractivity contribution in [3.05, 3.63) is 33.9 Å². The molecule has 0 amide bonds. The lowest BCUT2D eigenvalue weighted by molar-refractivity contribution is 0.0524. The zero-order chi connectivity index (χ0) is 17.1. The summed E-state index contributed by atoms with van der Waals surface area (Å²) in [6, 6.07) is 1.51. The third-order valence-corrected chi connectivity index (χ3v) is 3.49. The maximum atomic E-state index is 14.8. The minimum Gasteiger partial charge on any atom is -0.493 e. The van der Waals surface area contributed by atoms with Gasteiger partial charge in [-0.2, -0.15) is 0 Å². The van der Waals surface area contributed by atoms with E-state index in [-0.39, 0.29) is 29.1 Å². The number of aromatic nitrogens is 1. The summed E-state index contributed by atoms with van der Waals surface area (Å²) in [7, 11) is 2.66. The van der Waals surface area contributed by atoms with Crippen molar-refractivity contribution in [3.8, 4) is 11.5 Å². The molecule has 0 saturated heterocycles. The molecule has 23 heavy (non-hydrogen) atoms. The second kappa shape index (κ2) is 6.68. The minimum absolute atomic E-state index is 0.122. The fourth-order valence-electron chi connectivity index (χ4n) is 2.41. The number of carbonyl (C=O) groups excluding carboxylic acids is 1. The van der Waals surface area contributed by atoms with Crippen LogP contribution in [0.1, 0.15) is 24.2 Å². The molecule has 124 valence electrons. The van der Waals surface area contributed by atoms with E-state index in [1.54, 1.807) is 11.5 Å². The number of esters is 1. The summed E-state index contributed by atoms with van der Waals surface area (Å²) in [5, 5.41) is -0.227. The quantitative estimate of drug-likeness (QED) is 0.790. The summed E-state index contributed by atoms with van der Waals surface area (Å²) in [5.41, 5.74) is -0.630. The first-order valence-electron chi connectivity index (χ1n) is 7.14. The molecular weight excluding hydrogens is 305 g/mol. The van der Waals surface area contributed by atoms with Crippen LogP contribution in [0, 0.1) is 5.82 Å². The molecule has 0 aliphatic rings. The Morgan fingerprint density at radius 3 is 2.48 bits per heavy atom. The maximum Gasteiger partial charge on any atom is 0.343 e. The van der Waals surface area contributed by atoms with Gasteiger partial charge in [0, 0.05) is 18.8 Å². The van der Waals surface area contributed by atoms with E-state index in [0.717, 1.165) is 0 Å². The van der Waals surface area contributed by atoms with Crippen molar-refractivity contribution < 1.29 is 23.4 Å². The average molecular weight is 323 g/mol. The van der Waals surface area contributed by atoms with Crippen LogP contribution in [-0.4, -0.2) is 31.4 Å². The molecule has 0 aliphatic carbocycles. The van der Waals surface area contributed by atoms with Gasteiger partial charge in [-0.25, -0.2) is 9.18 Å². The Morgan fingerprint density at radius 2 is 1.96 bits per heavy atom. The molecule has 0 atom stereocenters. The molecule has 2 aromatic rings. The van der Waals surface area contributed by atoms with Crippen LogP contribution in [0.5, 0.6) is 11.5 Å². The molecule has 0 unspecified atom stereocenters. The van der Waals surface area contributed by atoms with E-state index in [1.165, 1.54) is 26.5 Å². The minimum atomic E-state index is -0.861. The Morgan fingerprint density at radius 1 is 1.26 bits per heavy atom. The zero-order valence-electron chi connectivity index (χ0n) is 13.4. The van der Waals surface area contributed by atoms with Crippen LogP contribution in [0.4, 0.5) is 4.39 Å². The van der Waals surface area contributed by atoms with E-state index >= 15 is 0 Å². The molecule has 6 nitrogen and oxygen atoms in total. The molecule has 0 bridgehead atoms. The Balaban J connectivity index is 2.93. The van der Waals surface area contributed by atoms with Crippen LogP contribution in [-0.2, 0) is 11.3 Å². The highest BCUT2D eigenvalue weighted by molar-refractivity contribution is 5.95. The van der Waals surface area contributed by atoms with Gasteiger partial charge in [-0.05, 0) is 13.8 Å². The largest absolute Gasteiger partial charge is 0.493 e. The summed E-state index contributed by atoms with van der Waals surface area (Å²) in [4.78, 5) is 24.5. The number of fused-ring (bicyclic) bond motifs is 1. The summed E-state index contributed by atoms with van der Waals surface area (Å²) >= 11 is 0. The van der Waals surface area contributed by atoms with Crippen LogP contribution in [0.2, 0.25) is 0 Å². The Kier molecular flexibility index (Phi) is 4.88.